The first-order valence-corrected chi connectivity index (χ1v) is 15.4. The Bertz CT molecular complexity index is 1500. The summed E-state index contributed by atoms with van der Waals surface area (Å²) in [6.45, 7) is 6.64. The molecule has 0 radical (unpaired) electrons. The summed E-state index contributed by atoms with van der Waals surface area (Å²) in [5, 5.41) is 15.8. The number of oxime groups is 1. The van der Waals surface area contributed by atoms with Gasteiger partial charge in [0.25, 0.3) is 0 Å². The molecule has 2 aromatic carbocycles. The average molecular weight is 600 g/mol. The number of ether oxygens (including phenoxy) is 2. The van der Waals surface area contributed by atoms with E-state index >= 15 is 0 Å². The maximum Gasteiger partial charge on any atom is 0.244 e. The number of amides is 2. The maximum atomic E-state index is 13.8. The number of methoxy groups -OCH3 is 1. The van der Waals surface area contributed by atoms with Crippen molar-refractivity contribution < 1.29 is 29.1 Å². The standard InChI is InChI=1S/C35H41N3O6/c1-24-6-9-27-21-28(43-3)12-13-29(27)30(39)22-34(24,2)23-35(15-4-5-31(40)36-33(35)41)16-14-25-7-10-26(11-8-25)32(37-42)38-17-19-44-20-18-38/h7-8,10-13,21,24,42H,4-6,9,15,17-20,22-23H2,1-3H3,(H,36,40,41). The Morgan fingerprint density at radius 1 is 1.14 bits per heavy atom. The van der Waals surface area contributed by atoms with Gasteiger partial charge in [0.2, 0.25) is 11.8 Å². The number of aryl methyl sites for hydroxylation is 1. The number of nitrogens with zero attached hydrogens (tertiary/aromatic N) is 2. The van der Waals surface area contributed by atoms with Crippen molar-refractivity contribution in [2.24, 2.45) is 21.9 Å². The number of morpholine rings is 1. The molecule has 2 aromatic rings. The molecule has 3 aliphatic rings. The maximum absolute atomic E-state index is 13.8. The molecule has 0 bridgehead atoms. The average Bonchev–Trinajstić information content (AvgIpc) is 3.16. The number of benzene rings is 2. The Morgan fingerprint density at radius 2 is 1.89 bits per heavy atom. The molecule has 2 heterocycles. The van der Waals surface area contributed by atoms with Crippen molar-refractivity contribution in [3.05, 3.63) is 64.7 Å². The molecule has 2 fully saturated rings. The van der Waals surface area contributed by atoms with Crippen molar-refractivity contribution in [2.75, 3.05) is 33.4 Å². The lowest BCUT2D eigenvalue weighted by atomic mass is 9.60. The van der Waals surface area contributed by atoms with Crippen LogP contribution in [0.3, 0.4) is 0 Å². The van der Waals surface area contributed by atoms with Gasteiger partial charge in [0, 0.05) is 42.6 Å². The van der Waals surface area contributed by atoms with Gasteiger partial charge in [0.1, 0.15) is 11.2 Å². The summed E-state index contributed by atoms with van der Waals surface area (Å²) in [4.78, 5) is 41.8. The van der Waals surface area contributed by atoms with E-state index in [1.165, 1.54) is 0 Å². The zero-order valence-corrected chi connectivity index (χ0v) is 25.8. The van der Waals surface area contributed by atoms with Gasteiger partial charge < -0.3 is 19.6 Å². The summed E-state index contributed by atoms with van der Waals surface area (Å²) in [6.07, 6.45) is 3.43. The molecule has 0 aromatic heterocycles. The second kappa shape index (κ2) is 13.2. The minimum Gasteiger partial charge on any atom is -0.497 e. The van der Waals surface area contributed by atoms with Crippen LogP contribution in [0.2, 0.25) is 0 Å². The lowest BCUT2D eigenvalue weighted by molar-refractivity contribution is -0.135. The third-order valence-electron chi connectivity index (χ3n) is 9.61. The predicted molar refractivity (Wildman–Crippen MR) is 166 cm³/mol. The molecule has 44 heavy (non-hydrogen) atoms. The van der Waals surface area contributed by atoms with Crippen molar-refractivity contribution in [3.63, 3.8) is 0 Å². The van der Waals surface area contributed by atoms with E-state index in [2.05, 4.69) is 36.2 Å². The Balaban J connectivity index is 1.45. The number of Topliss-reactive ketones (excluding diaryl/α,β-unsaturated/α-hetero) is 1. The highest BCUT2D eigenvalue weighted by Gasteiger charge is 2.48. The van der Waals surface area contributed by atoms with Crippen LogP contribution in [0.5, 0.6) is 5.75 Å². The predicted octanol–water partition coefficient (Wildman–Crippen LogP) is 4.58. The van der Waals surface area contributed by atoms with Crippen LogP contribution < -0.4 is 10.1 Å². The second-order valence-electron chi connectivity index (χ2n) is 12.6. The number of imide groups is 1. The van der Waals surface area contributed by atoms with Crippen molar-refractivity contribution in [3.8, 4) is 17.6 Å². The van der Waals surface area contributed by atoms with Crippen molar-refractivity contribution in [1.29, 1.82) is 0 Å². The van der Waals surface area contributed by atoms with E-state index in [1.54, 1.807) is 7.11 Å². The molecule has 3 unspecified atom stereocenters. The number of carbonyl (C=O) groups is 3. The molecule has 0 saturated carbocycles. The molecular formula is C35H41N3O6. The van der Waals surface area contributed by atoms with Crippen LogP contribution in [0.25, 0.3) is 0 Å². The zero-order chi connectivity index (χ0) is 31.3. The molecule has 232 valence electrons. The first kappa shape index (κ1) is 31.3. The van der Waals surface area contributed by atoms with Gasteiger partial charge in [0.05, 0.1) is 20.3 Å². The van der Waals surface area contributed by atoms with Gasteiger partial charge in [-0.15, -0.1) is 0 Å². The fourth-order valence-corrected chi connectivity index (χ4v) is 6.74. The van der Waals surface area contributed by atoms with Crippen molar-refractivity contribution in [2.45, 2.75) is 58.8 Å². The fraction of sp³-hybridized carbons (Fsp3) is 0.486. The number of nitrogens with one attached hydrogen (secondary N) is 1. The molecular weight excluding hydrogens is 558 g/mol. The van der Waals surface area contributed by atoms with E-state index in [9.17, 15) is 19.6 Å². The Labute approximate surface area is 259 Å². The normalized spacial score (nSPS) is 26.3. The number of rotatable bonds is 4. The van der Waals surface area contributed by atoms with Gasteiger partial charge in [-0.1, -0.05) is 30.8 Å². The quantitative estimate of drug-likeness (QED) is 0.132. The van der Waals surface area contributed by atoms with Crippen LogP contribution in [0, 0.1) is 28.6 Å². The van der Waals surface area contributed by atoms with E-state index in [-0.39, 0.29) is 36.4 Å². The number of hydrogen-bond acceptors (Lipinski definition) is 7. The third-order valence-corrected chi connectivity index (χ3v) is 9.61. The zero-order valence-electron chi connectivity index (χ0n) is 25.8. The molecule has 2 saturated heterocycles. The number of fused-ring (bicyclic) bond motifs is 1. The molecule has 2 amide bonds. The molecule has 0 spiro atoms. The van der Waals surface area contributed by atoms with Gasteiger partial charge in [-0.05, 0) is 91.5 Å². The summed E-state index contributed by atoms with van der Waals surface area (Å²) in [7, 11) is 1.62. The Hall–Kier alpha value is -4.16. The van der Waals surface area contributed by atoms with Crippen LogP contribution in [0.1, 0.15) is 79.4 Å². The monoisotopic (exact) mass is 599 g/mol. The molecule has 3 atom stereocenters. The molecule has 2 aliphatic heterocycles. The smallest absolute Gasteiger partial charge is 0.244 e. The largest absolute Gasteiger partial charge is 0.497 e. The SMILES string of the molecule is COc1ccc2c(c1)CCC(C)C(C)(CC1(C#Cc3ccc(C(=NO)N4CCOCC4)cc3)CCCC(=O)NC1=O)CC2=O. The molecule has 9 nitrogen and oxygen atoms in total. The van der Waals surface area contributed by atoms with Crippen LogP contribution in [-0.2, 0) is 20.7 Å². The number of ketones is 1. The van der Waals surface area contributed by atoms with Gasteiger partial charge in [-0.25, -0.2) is 0 Å². The topological polar surface area (TPSA) is 118 Å². The number of amidine groups is 1. The Morgan fingerprint density at radius 3 is 2.59 bits per heavy atom. The van der Waals surface area contributed by atoms with E-state index in [0.717, 1.165) is 29.7 Å². The fourth-order valence-electron chi connectivity index (χ4n) is 6.74. The van der Waals surface area contributed by atoms with Gasteiger partial charge in [0.15, 0.2) is 11.6 Å². The second-order valence-corrected chi connectivity index (χ2v) is 12.6. The summed E-state index contributed by atoms with van der Waals surface area (Å²) in [6, 6.07) is 13.0. The van der Waals surface area contributed by atoms with Crippen LogP contribution in [-0.4, -0.2) is 67.0 Å². The van der Waals surface area contributed by atoms with Gasteiger partial charge in [-0.2, -0.15) is 0 Å². The third kappa shape index (κ3) is 6.66. The summed E-state index contributed by atoms with van der Waals surface area (Å²) in [5.41, 5.74) is 1.48. The summed E-state index contributed by atoms with van der Waals surface area (Å²) >= 11 is 0. The first-order chi connectivity index (χ1) is 21.2. The lowest BCUT2D eigenvalue weighted by Crippen LogP contribution is -2.45. The minimum atomic E-state index is -1.14. The highest BCUT2D eigenvalue weighted by atomic mass is 16.5. The molecule has 9 heteroatoms. The molecule has 1 aliphatic carbocycles. The van der Waals surface area contributed by atoms with Gasteiger partial charge in [-0.3, -0.25) is 19.7 Å². The van der Waals surface area contributed by atoms with E-state index in [1.807, 2.05) is 47.4 Å². The van der Waals surface area contributed by atoms with Crippen LogP contribution >= 0.6 is 0 Å². The first-order valence-electron chi connectivity index (χ1n) is 15.4. The van der Waals surface area contributed by atoms with E-state index in [4.69, 9.17) is 9.47 Å². The number of carbonyl (C=O) groups excluding carboxylic acids is 3. The molecule has 2 N–H and O–H groups in total. The van der Waals surface area contributed by atoms with Crippen molar-refractivity contribution >= 4 is 23.4 Å². The van der Waals surface area contributed by atoms with Crippen LogP contribution in [0.4, 0.5) is 0 Å². The van der Waals surface area contributed by atoms with Gasteiger partial charge >= 0.3 is 0 Å². The van der Waals surface area contributed by atoms with Crippen LogP contribution in [0.15, 0.2) is 47.6 Å². The number of hydrogen-bond donors (Lipinski definition) is 2. The lowest BCUT2D eigenvalue weighted by Gasteiger charge is -2.42. The molecule has 5 rings (SSSR count). The minimum absolute atomic E-state index is 0.0436. The summed E-state index contributed by atoms with van der Waals surface area (Å²) < 4.78 is 10.8. The van der Waals surface area contributed by atoms with E-state index in [0.29, 0.717) is 62.5 Å². The highest BCUT2D eigenvalue weighted by Crippen LogP contribution is 2.48. The Kier molecular flexibility index (Phi) is 9.40. The van der Waals surface area contributed by atoms with Crippen molar-refractivity contribution in [1.82, 2.24) is 10.2 Å². The highest BCUT2D eigenvalue weighted by molar-refractivity contribution is 6.01. The van der Waals surface area contributed by atoms with E-state index < -0.39 is 10.8 Å². The summed E-state index contributed by atoms with van der Waals surface area (Å²) in [5.74, 6) is 7.22.